The third-order valence-electron chi connectivity index (χ3n) is 4.95. The van der Waals surface area contributed by atoms with E-state index >= 15 is 0 Å². The number of benzene rings is 1. The number of carbonyl (C=O) groups excluding carboxylic acids is 2. The van der Waals surface area contributed by atoms with E-state index in [2.05, 4.69) is 10.0 Å². The number of Topliss-reactive ketones (excluding diaryl/α,β-unsaturated/α-hetero) is 1. The number of hydrazine groups is 1. The van der Waals surface area contributed by atoms with Gasteiger partial charge in [0.15, 0.2) is 5.78 Å². The smallest absolute Gasteiger partial charge is 0.414 e. The summed E-state index contributed by atoms with van der Waals surface area (Å²) in [5.41, 5.74) is 1.82. The van der Waals surface area contributed by atoms with Gasteiger partial charge in [-0.1, -0.05) is 11.6 Å². The fourth-order valence-corrected chi connectivity index (χ4v) is 4.44. The van der Waals surface area contributed by atoms with Gasteiger partial charge in [-0.3, -0.25) is 24.7 Å². The third-order valence-corrected chi connectivity index (χ3v) is 6.22. The van der Waals surface area contributed by atoms with Crippen molar-refractivity contribution in [2.45, 2.75) is 18.9 Å². The SMILES string of the molecule is CN1C=NCCN1c1ccc(N2C[C@H](CCC(=O)c3ccc(Cl)s3)OC2=O)cc1. The zero-order valence-corrected chi connectivity index (χ0v) is 17.5. The lowest BCUT2D eigenvalue weighted by Gasteiger charge is -2.34. The van der Waals surface area contributed by atoms with E-state index in [0.717, 1.165) is 24.5 Å². The number of carbonyl (C=O) groups is 2. The molecule has 0 bridgehead atoms. The Morgan fingerprint density at radius 2 is 2.00 bits per heavy atom. The van der Waals surface area contributed by atoms with Crippen molar-refractivity contribution in [3.05, 3.63) is 45.6 Å². The van der Waals surface area contributed by atoms with E-state index in [9.17, 15) is 9.59 Å². The van der Waals surface area contributed by atoms with Crippen LogP contribution in [0.3, 0.4) is 0 Å². The molecule has 9 heteroatoms. The number of ketones is 1. The monoisotopic (exact) mass is 432 g/mol. The second kappa shape index (κ2) is 8.42. The van der Waals surface area contributed by atoms with Crippen LogP contribution < -0.4 is 9.91 Å². The number of amides is 1. The third kappa shape index (κ3) is 4.38. The van der Waals surface area contributed by atoms with Crippen molar-refractivity contribution < 1.29 is 14.3 Å². The number of hydrogen-bond acceptors (Lipinski definition) is 7. The maximum atomic E-state index is 12.3. The first-order chi connectivity index (χ1) is 14.0. The van der Waals surface area contributed by atoms with Gasteiger partial charge in [0.2, 0.25) is 0 Å². The largest absolute Gasteiger partial charge is 0.444 e. The van der Waals surface area contributed by atoms with E-state index < -0.39 is 0 Å². The van der Waals surface area contributed by atoms with Crippen molar-refractivity contribution >= 4 is 52.5 Å². The quantitative estimate of drug-likeness (QED) is 0.643. The summed E-state index contributed by atoms with van der Waals surface area (Å²) in [6.45, 7) is 2.00. The highest BCUT2D eigenvalue weighted by Gasteiger charge is 2.32. The van der Waals surface area contributed by atoms with Gasteiger partial charge in [0.25, 0.3) is 0 Å². The van der Waals surface area contributed by atoms with Gasteiger partial charge in [0, 0.05) is 19.2 Å². The molecule has 1 saturated heterocycles. The highest BCUT2D eigenvalue weighted by molar-refractivity contribution is 7.18. The number of nitrogens with zero attached hydrogens (tertiary/aromatic N) is 4. The fraction of sp³-hybridized carbons (Fsp3) is 0.350. The molecule has 0 unspecified atom stereocenters. The Kier molecular flexibility index (Phi) is 5.73. The van der Waals surface area contributed by atoms with Crippen LogP contribution in [0.4, 0.5) is 16.2 Å². The molecular formula is C20H21ClN4O3S. The molecule has 1 aromatic carbocycles. The van der Waals surface area contributed by atoms with Gasteiger partial charge in [-0.2, -0.15) is 0 Å². The zero-order chi connectivity index (χ0) is 20.4. The molecule has 1 atom stereocenters. The number of halogens is 1. The lowest BCUT2D eigenvalue weighted by molar-refractivity contribution is 0.0943. The van der Waals surface area contributed by atoms with Crippen molar-refractivity contribution in [2.75, 3.05) is 36.6 Å². The predicted octanol–water partition coefficient (Wildman–Crippen LogP) is 4.08. The molecule has 152 valence electrons. The van der Waals surface area contributed by atoms with Gasteiger partial charge in [0.1, 0.15) is 12.4 Å². The fourth-order valence-electron chi connectivity index (χ4n) is 3.43. The molecule has 1 amide bonds. The zero-order valence-electron chi connectivity index (χ0n) is 16.0. The number of thiophene rings is 1. The van der Waals surface area contributed by atoms with Crippen molar-refractivity contribution in [3.63, 3.8) is 0 Å². The molecule has 2 aliphatic heterocycles. The first kappa shape index (κ1) is 19.7. The van der Waals surface area contributed by atoms with E-state index in [1.807, 2.05) is 36.3 Å². The Bertz CT molecular complexity index is 930. The van der Waals surface area contributed by atoms with Gasteiger partial charge < -0.3 is 4.74 Å². The number of cyclic esters (lactones) is 1. The van der Waals surface area contributed by atoms with Crippen LogP contribution >= 0.6 is 22.9 Å². The van der Waals surface area contributed by atoms with Crippen LogP contribution in [0.2, 0.25) is 4.34 Å². The maximum absolute atomic E-state index is 12.3. The molecule has 1 fully saturated rings. The van der Waals surface area contributed by atoms with Crippen molar-refractivity contribution in [2.24, 2.45) is 4.99 Å². The number of anilines is 2. The average molecular weight is 433 g/mol. The standard InChI is InChI=1S/C20H21ClN4O3S/c1-23-13-22-10-11-25(23)15-4-2-14(3-5-15)24-12-16(28-20(24)27)6-7-17(26)18-8-9-19(21)29-18/h2-5,8-9,13,16H,6-7,10-12H2,1H3/t16-/m0/s1. The molecule has 29 heavy (non-hydrogen) atoms. The summed E-state index contributed by atoms with van der Waals surface area (Å²) in [5.74, 6) is 0.0231. The lowest BCUT2D eigenvalue weighted by atomic mass is 10.1. The van der Waals surface area contributed by atoms with Crippen LogP contribution in [0.15, 0.2) is 41.4 Å². The number of rotatable bonds is 6. The highest BCUT2D eigenvalue weighted by atomic mass is 35.5. The van der Waals surface area contributed by atoms with Crippen LogP contribution in [0, 0.1) is 0 Å². The van der Waals surface area contributed by atoms with E-state index in [1.54, 1.807) is 23.4 Å². The summed E-state index contributed by atoms with van der Waals surface area (Å²) in [7, 11) is 1.95. The molecule has 3 heterocycles. The first-order valence-electron chi connectivity index (χ1n) is 9.38. The summed E-state index contributed by atoms with van der Waals surface area (Å²) in [4.78, 5) is 31.0. The van der Waals surface area contributed by atoms with Crippen LogP contribution in [0.25, 0.3) is 0 Å². The first-order valence-corrected chi connectivity index (χ1v) is 10.6. The van der Waals surface area contributed by atoms with E-state index in [1.165, 1.54) is 11.3 Å². The summed E-state index contributed by atoms with van der Waals surface area (Å²) < 4.78 is 6.06. The highest BCUT2D eigenvalue weighted by Crippen LogP contribution is 2.28. The molecule has 0 aliphatic carbocycles. The summed E-state index contributed by atoms with van der Waals surface area (Å²) in [6, 6.07) is 11.2. The Balaban J connectivity index is 1.35. The minimum atomic E-state index is -0.378. The van der Waals surface area contributed by atoms with E-state index in [4.69, 9.17) is 16.3 Å². The molecule has 0 saturated carbocycles. The molecule has 2 aliphatic rings. The Labute approximate surface area is 178 Å². The van der Waals surface area contributed by atoms with Crippen molar-refractivity contribution in [3.8, 4) is 0 Å². The summed E-state index contributed by atoms with van der Waals surface area (Å²) in [6.07, 6.45) is 1.94. The van der Waals surface area contributed by atoms with Crippen molar-refractivity contribution in [1.29, 1.82) is 0 Å². The van der Waals surface area contributed by atoms with Gasteiger partial charge in [-0.25, -0.2) is 4.79 Å². The van der Waals surface area contributed by atoms with Gasteiger partial charge in [0.05, 0.1) is 34.5 Å². The van der Waals surface area contributed by atoms with E-state index in [-0.39, 0.29) is 18.0 Å². The minimum absolute atomic E-state index is 0.0231. The van der Waals surface area contributed by atoms with Crippen LogP contribution in [0.1, 0.15) is 22.5 Å². The second-order valence-electron chi connectivity index (χ2n) is 6.92. The molecule has 4 rings (SSSR count). The normalized spacial score (nSPS) is 19.0. The Hall–Kier alpha value is -2.58. The minimum Gasteiger partial charge on any atom is -0.444 e. The molecule has 0 N–H and O–H groups in total. The van der Waals surface area contributed by atoms with Gasteiger partial charge in [-0.05, 0) is 42.8 Å². The number of ether oxygens (including phenoxy) is 1. The molecule has 1 aromatic heterocycles. The molecule has 2 aromatic rings. The number of aliphatic imine (C=N–C) groups is 1. The number of hydrogen-bond donors (Lipinski definition) is 0. The second-order valence-corrected chi connectivity index (χ2v) is 8.63. The predicted molar refractivity (Wildman–Crippen MR) is 115 cm³/mol. The van der Waals surface area contributed by atoms with Crippen LogP contribution in [-0.4, -0.2) is 56.0 Å². The Morgan fingerprint density at radius 3 is 2.69 bits per heavy atom. The molecule has 0 spiro atoms. The summed E-state index contributed by atoms with van der Waals surface area (Å²) >= 11 is 7.16. The van der Waals surface area contributed by atoms with Gasteiger partial charge in [-0.15, -0.1) is 11.3 Å². The van der Waals surface area contributed by atoms with Crippen molar-refractivity contribution in [1.82, 2.24) is 5.01 Å². The molecule has 7 nitrogen and oxygen atoms in total. The molecular weight excluding hydrogens is 412 g/mol. The average Bonchev–Trinajstić information content (AvgIpc) is 3.32. The Morgan fingerprint density at radius 1 is 1.24 bits per heavy atom. The maximum Gasteiger partial charge on any atom is 0.414 e. The topological polar surface area (TPSA) is 65.4 Å². The van der Waals surface area contributed by atoms with Crippen LogP contribution in [0.5, 0.6) is 0 Å². The van der Waals surface area contributed by atoms with Gasteiger partial charge >= 0.3 is 6.09 Å². The molecule has 0 radical (unpaired) electrons. The van der Waals surface area contributed by atoms with E-state index in [0.29, 0.717) is 28.6 Å². The summed E-state index contributed by atoms with van der Waals surface area (Å²) in [5, 5.41) is 4.06. The van der Waals surface area contributed by atoms with Crippen LogP contribution in [-0.2, 0) is 4.74 Å². The lowest BCUT2D eigenvalue weighted by Crippen LogP contribution is -2.43.